The van der Waals surface area contributed by atoms with Crippen LogP contribution in [0.1, 0.15) is 31.7 Å². The molecule has 1 fully saturated rings. The topological polar surface area (TPSA) is 83.8 Å². The molecule has 2 aromatic rings. The fourth-order valence-electron chi connectivity index (χ4n) is 2.52. The van der Waals surface area contributed by atoms with Gasteiger partial charge in [-0.2, -0.15) is 0 Å². The van der Waals surface area contributed by atoms with Crippen molar-refractivity contribution in [3.8, 4) is 0 Å². The summed E-state index contributed by atoms with van der Waals surface area (Å²) in [4.78, 5) is 22.2. The van der Waals surface area contributed by atoms with Crippen molar-refractivity contribution in [3.63, 3.8) is 0 Å². The maximum Gasteiger partial charge on any atom is 0.278 e. The van der Waals surface area contributed by atoms with Crippen LogP contribution in [0.2, 0.25) is 0 Å². The number of aromatic amines is 1. The van der Waals surface area contributed by atoms with E-state index in [2.05, 4.69) is 15.0 Å². The van der Waals surface area contributed by atoms with Crippen molar-refractivity contribution in [2.24, 2.45) is 0 Å². The van der Waals surface area contributed by atoms with Gasteiger partial charge in [0.05, 0.1) is 24.8 Å². The summed E-state index contributed by atoms with van der Waals surface area (Å²) in [5.41, 5.74) is 0.657. The normalized spacial score (nSPS) is 25.2. The summed E-state index contributed by atoms with van der Waals surface area (Å²) in [6.07, 6.45) is 6.45. The third kappa shape index (κ3) is 1.64. The number of nitrogens with one attached hydrogen (secondary N) is 1. The number of hydrogen-bond acceptors (Lipinski definition) is 4. The average molecular weight is 234 g/mol. The van der Waals surface area contributed by atoms with Crippen molar-refractivity contribution in [2.75, 3.05) is 0 Å². The summed E-state index contributed by atoms with van der Waals surface area (Å²) < 4.78 is 1.83. The Balaban J connectivity index is 2.11. The Kier molecular flexibility index (Phi) is 2.44. The fourth-order valence-corrected chi connectivity index (χ4v) is 2.52. The molecule has 0 spiro atoms. The number of imidazole rings is 1. The van der Waals surface area contributed by atoms with E-state index in [-0.39, 0.29) is 17.7 Å². The van der Waals surface area contributed by atoms with Gasteiger partial charge in [0, 0.05) is 0 Å². The monoisotopic (exact) mass is 234 g/mol. The molecule has 0 radical (unpaired) electrons. The molecule has 17 heavy (non-hydrogen) atoms. The van der Waals surface area contributed by atoms with Gasteiger partial charge in [-0.05, 0) is 12.8 Å². The van der Waals surface area contributed by atoms with Crippen molar-refractivity contribution in [1.82, 2.24) is 19.5 Å². The molecule has 1 aliphatic carbocycles. The molecule has 2 N–H and O–H groups in total. The number of aliphatic hydroxyl groups is 1. The number of H-pyrrole nitrogens is 1. The van der Waals surface area contributed by atoms with Crippen LogP contribution in [-0.2, 0) is 0 Å². The Morgan fingerprint density at radius 3 is 3.00 bits per heavy atom. The van der Waals surface area contributed by atoms with Crippen molar-refractivity contribution >= 4 is 11.2 Å². The number of rotatable bonds is 1. The first-order valence-corrected chi connectivity index (χ1v) is 5.85. The molecular weight excluding hydrogens is 220 g/mol. The maximum atomic E-state index is 11.5. The van der Waals surface area contributed by atoms with E-state index >= 15 is 0 Å². The van der Waals surface area contributed by atoms with E-state index in [9.17, 15) is 9.90 Å². The van der Waals surface area contributed by atoms with E-state index in [4.69, 9.17) is 0 Å². The Hall–Kier alpha value is -1.69. The number of aliphatic hydroxyl groups excluding tert-OH is 1. The molecule has 0 unspecified atom stereocenters. The van der Waals surface area contributed by atoms with Crippen LogP contribution < -0.4 is 5.56 Å². The lowest BCUT2D eigenvalue weighted by Gasteiger charge is -2.28. The van der Waals surface area contributed by atoms with Crippen molar-refractivity contribution in [3.05, 3.63) is 23.0 Å². The highest BCUT2D eigenvalue weighted by atomic mass is 16.3. The molecule has 3 rings (SSSR count). The highest BCUT2D eigenvalue weighted by molar-refractivity contribution is 5.68. The van der Waals surface area contributed by atoms with Gasteiger partial charge < -0.3 is 14.7 Å². The molecule has 0 saturated heterocycles. The molecule has 0 aromatic carbocycles. The van der Waals surface area contributed by atoms with Crippen LogP contribution in [0.5, 0.6) is 0 Å². The molecule has 2 aromatic heterocycles. The zero-order valence-electron chi connectivity index (χ0n) is 9.33. The molecule has 1 aliphatic rings. The molecule has 1 saturated carbocycles. The number of nitrogens with zero attached hydrogens (tertiary/aromatic N) is 3. The minimum atomic E-state index is -0.373. The van der Waals surface area contributed by atoms with Crippen LogP contribution in [0.4, 0.5) is 0 Å². The van der Waals surface area contributed by atoms with Crippen molar-refractivity contribution < 1.29 is 5.11 Å². The van der Waals surface area contributed by atoms with Crippen LogP contribution in [0.3, 0.4) is 0 Å². The van der Waals surface area contributed by atoms with E-state index in [1.54, 1.807) is 6.33 Å². The van der Waals surface area contributed by atoms with Gasteiger partial charge in [-0.3, -0.25) is 4.79 Å². The molecule has 0 aliphatic heterocycles. The van der Waals surface area contributed by atoms with Gasteiger partial charge in [0.25, 0.3) is 5.56 Å². The first-order chi connectivity index (χ1) is 8.27. The molecule has 6 nitrogen and oxygen atoms in total. The van der Waals surface area contributed by atoms with Gasteiger partial charge in [0.15, 0.2) is 11.2 Å². The third-order valence-electron chi connectivity index (χ3n) is 3.42. The van der Waals surface area contributed by atoms with Crippen LogP contribution in [-0.4, -0.2) is 30.7 Å². The summed E-state index contributed by atoms with van der Waals surface area (Å²) in [5.74, 6) is 0. The van der Waals surface area contributed by atoms with Gasteiger partial charge in [-0.25, -0.2) is 9.97 Å². The minimum absolute atomic E-state index is 0.0111. The second kappa shape index (κ2) is 3.96. The highest BCUT2D eigenvalue weighted by Crippen LogP contribution is 2.29. The van der Waals surface area contributed by atoms with Crippen LogP contribution in [0.25, 0.3) is 11.2 Å². The zero-order valence-corrected chi connectivity index (χ0v) is 9.33. The smallest absolute Gasteiger partial charge is 0.278 e. The van der Waals surface area contributed by atoms with E-state index in [1.165, 1.54) is 6.33 Å². The molecule has 90 valence electrons. The minimum Gasteiger partial charge on any atom is -0.391 e. The second-order valence-corrected chi connectivity index (χ2v) is 4.47. The zero-order chi connectivity index (χ0) is 11.8. The van der Waals surface area contributed by atoms with E-state index in [0.29, 0.717) is 11.2 Å². The molecule has 6 heteroatoms. The van der Waals surface area contributed by atoms with Gasteiger partial charge in [-0.1, -0.05) is 12.8 Å². The second-order valence-electron chi connectivity index (χ2n) is 4.47. The summed E-state index contributed by atoms with van der Waals surface area (Å²) in [6.45, 7) is 0. The maximum absolute atomic E-state index is 11.5. The number of aromatic nitrogens is 4. The fraction of sp³-hybridized carbons (Fsp3) is 0.545. The summed E-state index contributed by atoms with van der Waals surface area (Å²) in [5, 5.41) is 10.0. The lowest BCUT2D eigenvalue weighted by atomic mass is 9.92. The molecule has 0 bridgehead atoms. The number of hydrogen-bond donors (Lipinski definition) is 2. The Bertz CT molecular complexity index is 588. The first kappa shape index (κ1) is 10.5. The van der Waals surface area contributed by atoms with Gasteiger partial charge in [-0.15, -0.1) is 0 Å². The Morgan fingerprint density at radius 1 is 1.35 bits per heavy atom. The SMILES string of the molecule is O=c1[nH]cnc2c1ncn2[C@@H]1CCCC[C@H]1O. The van der Waals surface area contributed by atoms with Crippen molar-refractivity contribution in [2.45, 2.75) is 37.8 Å². The quantitative estimate of drug-likeness (QED) is 0.756. The molecule has 2 heterocycles. The number of fused-ring (bicyclic) bond motifs is 1. The largest absolute Gasteiger partial charge is 0.391 e. The highest BCUT2D eigenvalue weighted by Gasteiger charge is 2.26. The van der Waals surface area contributed by atoms with Crippen LogP contribution >= 0.6 is 0 Å². The van der Waals surface area contributed by atoms with Gasteiger partial charge in [0.2, 0.25) is 0 Å². The summed E-state index contributed by atoms with van der Waals surface area (Å²) >= 11 is 0. The third-order valence-corrected chi connectivity index (χ3v) is 3.42. The summed E-state index contributed by atoms with van der Waals surface area (Å²) in [7, 11) is 0. The van der Waals surface area contributed by atoms with Crippen LogP contribution in [0.15, 0.2) is 17.4 Å². The Morgan fingerprint density at radius 2 is 2.18 bits per heavy atom. The summed E-state index contributed by atoms with van der Waals surface area (Å²) in [6, 6.07) is -0.0111. The standard InChI is InChI=1S/C11H14N4O2/c16-8-4-2-1-3-7(8)15-6-14-9-10(15)12-5-13-11(9)17/h5-8,16H,1-4H2,(H,12,13,17)/t7-,8-/m1/s1. The van der Waals surface area contributed by atoms with Crippen molar-refractivity contribution in [1.29, 1.82) is 0 Å². The molecule has 2 atom stereocenters. The molecule has 0 amide bonds. The van der Waals surface area contributed by atoms with E-state index < -0.39 is 0 Å². The van der Waals surface area contributed by atoms with E-state index in [1.807, 2.05) is 4.57 Å². The lowest BCUT2D eigenvalue weighted by Crippen LogP contribution is -2.27. The predicted molar refractivity (Wildman–Crippen MR) is 61.7 cm³/mol. The van der Waals surface area contributed by atoms with Gasteiger partial charge >= 0.3 is 0 Å². The first-order valence-electron chi connectivity index (χ1n) is 5.85. The predicted octanol–water partition coefficient (Wildman–Crippen LogP) is 0.596. The lowest BCUT2D eigenvalue weighted by molar-refractivity contribution is 0.0770. The average Bonchev–Trinajstić information content (AvgIpc) is 2.75. The van der Waals surface area contributed by atoms with Crippen LogP contribution in [0, 0.1) is 0 Å². The van der Waals surface area contributed by atoms with Gasteiger partial charge in [0.1, 0.15) is 0 Å². The van der Waals surface area contributed by atoms with E-state index in [0.717, 1.165) is 25.7 Å². The Labute approximate surface area is 97.3 Å². The molecular formula is C11H14N4O2.